The summed E-state index contributed by atoms with van der Waals surface area (Å²) in [4.78, 5) is 0. The van der Waals surface area contributed by atoms with Crippen LogP contribution in [0.3, 0.4) is 0 Å². The number of hydrogen-bond donors (Lipinski definition) is 0. The minimum absolute atomic E-state index is 1.10. The second-order valence-electron chi connectivity index (χ2n) is 3.77. The molecule has 1 heteroatoms. The van der Waals surface area contributed by atoms with Gasteiger partial charge in [0.05, 0.1) is 0 Å². The van der Waals surface area contributed by atoms with E-state index in [1.807, 2.05) is 0 Å². The van der Waals surface area contributed by atoms with Crippen LogP contribution < -0.4 is 4.74 Å². The standard InChI is InChI=1S/C13H12O/c1-2-5-10-8-9-6-3-4-7-11(9)13-12(10)14-13/h3-4,6-8H,2,5H2,1H3. The van der Waals surface area contributed by atoms with E-state index in [1.165, 1.54) is 22.8 Å². The molecule has 3 rings (SSSR count). The van der Waals surface area contributed by atoms with Crippen LogP contribution in [-0.2, 0) is 6.42 Å². The van der Waals surface area contributed by atoms with E-state index in [1.54, 1.807) is 0 Å². The Morgan fingerprint density at radius 3 is 2.86 bits per heavy atom. The maximum absolute atomic E-state index is 5.53. The third-order valence-electron chi connectivity index (χ3n) is 2.71. The van der Waals surface area contributed by atoms with Crippen LogP contribution in [0.15, 0.2) is 30.3 Å². The highest BCUT2D eigenvalue weighted by atomic mass is 16.6. The maximum atomic E-state index is 5.53. The van der Waals surface area contributed by atoms with Crippen LogP contribution in [0.25, 0.3) is 10.8 Å². The average Bonchev–Trinajstić information content (AvgIpc) is 2.98. The van der Waals surface area contributed by atoms with Gasteiger partial charge in [0, 0.05) is 5.39 Å². The van der Waals surface area contributed by atoms with Gasteiger partial charge in [0.2, 0.25) is 0 Å². The van der Waals surface area contributed by atoms with Crippen molar-refractivity contribution in [3.63, 3.8) is 0 Å². The zero-order valence-electron chi connectivity index (χ0n) is 8.21. The van der Waals surface area contributed by atoms with E-state index in [4.69, 9.17) is 4.74 Å². The minimum Gasteiger partial charge on any atom is -0.449 e. The Labute approximate surface area is 83.3 Å². The largest absolute Gasteiger partial charge is 0.449 e. The monoisotopic (exact) mass is 184 g/mol. The van der Waals surface area contributed by atoms with Gasteiger partial charge in [-0.2, -0.15) is 0 Å². The van der Waals surface area contributed by atoms with Crippen LogP contribution in [0.5, 0.6) is 11.5 Å². The van der Waals surface area contributed by atoms with Crippen molar-refractivity contribution in [2.75, 3.05) is 0 Å². The molecule has 1 aliphatic heterocycles. The van der Waals surface area contributed by atoms with Gasteiger partial charge in [-0.1, -0.05) is 37.6 Å². The molecule has 0 amide bonds. The quantitative estimate of drug-likeness (QED) is 0.550. The van der Waals surface area contributed by atoms with Crippen molar-refractivity contribution in [1.29, 1.82) is 0 Å². The summed E-state index contributed by atoms with van der Waals surface area (Å²) in [6.45, 7) is 2.20. The van der Waals surface area contributed by atoms with Crippen molar-refractivity contribution in [2.24, 2.45) is 0 Å². The lowest BCUT2D eigenvalue weighted by atomic mass is 10.0. The van der Waals surface area contributed by atoms with Crippen LogP contribution in [0.4, 0.5) is 0 Å². The predicted octanol–water partition coefficient (Wildman–Crippen LogP) is 3.90. The number of fused-ring (bicyclic) bond motifs is 3. The zero-order valence-corrected chi connectivity index (χ0v) is 8.21. The number of aryl methyl sites for hydroxylation is 1. The fourth-order valence-electron chi connectivity index (χ4n) is 2.00. The molecule has 0 spiro atoms. The molecule has 0 atom stereocenters. The minimum atomic E-state index is 1.10. The maximum Gasteiger partial charge on any atom is 0.178 e. The van der Waals surface area contributed by atoms with Crippen molar-refractivity contribution < 1.29 is 4.74 Å². The smallest absolute Gasteiger partial charge is 0.178 e. The van der Waals surface area contributed by atoms with Crippen molar-refractivity contribution >= 4 is 10.8 Å². The van der Waals surface area contributed by atoms with Crippen LogP contribution in [0.2, 0.25) is 0 Å². The molecule has 0 aliphatic carbocycles. The van der Waals surface area contributed by atoms with Gasteiger partial charge in [0.25, 0.3) is 0 Å². The van der Waals surface area contributed by atoms with E-state index in [0.29, 0.717) is 0 Å². The lowest BCUT2D eigenvalue weighted by Gasteiger charge is -1.96. The van der Waals surface area contributed by atoms with Crippen molar-refractivity contribution in [3.8, 4) is 11.5 Å². The summed E-state index contributed by atoms with van der Waals surface area (Å²) in [6, 6.07) is 10.7. The summed E-state index contributed by atoms with van der Waals surface area (Å²) in [6.07, 6.45) is 2.29. The molecule has 1 nitrogen and oxygen atoms in total. The van der Waals surface area contributed by atoms with E-state index >= 15 is 0 Å². The molecule has 70 valence electrons. The van der Waals surface area contributed by atoms with Gasteiger partial charge in [-0.15, -0.1) is 0 Å². The van der Waals surface area contributed by atoms with E-state index < -0.39 is 0 Å². The summed E-state index contributed by atoms with van der Waals surface area (Å²) >= 11 is 0. The predicted molar refractivity (Wildman–Crippen MR) is 58.0 cm³/mol. The molecular formula is C13H12O. The van der Waals surface area contributed by atoms with Gasteiger partial charge < -0.3 is 4.74 Å². The third-order valence-corrected chi connectivity index (χ3v) is 2.71. The summed E-state index contributed by atoms with van der Waals surface area (Å²) in [5, 5.41) is 2.55. The molecule has 0 saturated carbocycles. The van der Waals surface area contributed by atoms with E-state index in [9.17, 15) is 0 Å². The fraction of sp³-hybridized carbons (Fsp3) is 0.231. The first-order valence-electron chi connectivity index (χ1n) is 5.12. The summed E-state index contributed by atoms with van der Waals surface area (Å²) < 4.78 is 5.53. The topological polar surface area (TPSA) is 12.5 Å². The number of rotatable bonds is 2. The van der Waals surface area contributed by atoms with Gasteiger partial charge in [-0.05, 0) is 23.4 Å². The molecule has 0 bridgehead atoms. The van der Waals surface area contributed by atoms with Crippen LogP contribution in [0.1, 0.15) is 18.9 Å². The molecule has 0 N–H and O–H groups in total. The molecule has 2 aromatic carbocycles. The Kier molecular flexibility index (Phi) is 1.54. The normalized spacial score (nSPS) is 12.4. The Bertz CT molecular complexity index is 500. The van der Waals surface area contributed by atoms with Gasteiger partial charge in [0.1, 0.15) is 0 Å². The number of ether oxygens (including phenoxy) is 1. The number of benzene rings is 2. The molecule has 1 aliphatic rings. The molecule has 0 saturated heterocycles. The van der Waals surface area contributed by atoms with Crippen LogP contribution in [0, 0.1) is 0 Å². The number of hydrogen-bond acceptors (Lipinski definition) is 1. The Morgan fingerprint density at radius 2 is 2.00 bits per heavy atom. The Morgan fingerprint density at radius 1 is 1.14 bits per heavy atom. The molecule has 2 aromatic rings. The second-order valence-corrected chi connectivity index (χ2v) is 3.77. The molecule has 0 aromatic heterocycles. The van der Waals surface area contributed by atoms with E-state index in [2.05, 4.69) is 37.3 Å². The first-order chi connectivity index (χ1) is 6.90. The fourth-order valence-corrected chi connectivity index (χ4v) is 2.00. The highest BCUT2D eigenvalue weighted by Crippen LogP contribution is 2.53. The SMILES string of the molecule is CCCc1cc2ccccc2c2c1O2. The summed E-state index contributed by atoms with van der Waals surface area (Å²) in [5.74, 6) is 2.23. The molecule has 1 heterocycles. The summed E-state index contributed by atoms with van der Waals surface area (Å²) in [7, 11) is 0. The zero-order chi connectivity index (χ0) is 9.54. The first kappa shape index (κ1) is 7.86. The second kappa shape index (κ2) is 2.74. The van der Waals surface area contributed by atoms with Crippen LogP contribution in [-0.4, -0.2) is 0 Å². The first-order valence-corrected chi connectivity index (χ1v) is 5.12. The molecule has 14 heavy (non-hydrogen) atoms. The highest BCUT2D eigenvalue weighted by Gasteiger charge is 2.27. The van der Waals surface area contributed by atoms with Crippen LogP contribution >= 0.6 is 0 Å². The van der Waals surface area contributed by atoms with Gasteiger partial charge in [-0.3, -0.25) is 0 Å². The van der Waals surface area contributed by atoms with Crippen molar-refractivity contribution in [3.05, 3.63) is 35.9 Å². The third kappa shape index (κ3) is 1.02. The molecule has 0 unspecified atom stereocenters. The average molecular weight is 184 g/mol. The van der Waals surface area contributed by atoms with Crippen molar-refractivity contribution in [1.82, 2.24) is 0 Å². The molecule has 0 fully saturated rings. The Hall–Kier alpha value is -1.50. The van der Waals surface area contributed by atoms with Crippen molar-refractivity contribution in [2.45, 2.75) is 19.8 Å². The lowest BCUT2D eigenvalue weighted by Crippen LogP contribution is -1.79. The summed E-state index contributed by atoms with van der Waals surface area (Å²) in [5.41, 5.74) is 1.36. The van der Waals surface area contributed by atoms with E-state index in [0.717, 1.165) is 17.9 Å². The molecular weight excluding hydrogens is 172 g/mol. The lowest BCUT2D eigenvalue weighted by molar-refractivity contribution is 0.645. The van der Waals surface area contributed by atoms with Gasteiger partial charge >= 0.3 is 0 Å². The van der Waals surface area contributed by atoms with Gasteiger partial charge in [-0.25, -0.2) is 0 Å². The van der Waals surface area contributed by atoms with E-state index in [-0.39, 0.29) is 0 Å². The molecule has 0 radical (unpaired) electrons. The van der Waals surface area contributed by atoms with Gasteiger partial charge in [0.15, 0.2) is 11.5 Å². The Balaban J connectivity index is 2.24. The highest BCUT2D eigenvalue weighted by molar-refractivity contribution is 5.96.